The highest BCUT2D eigenvalue weighted by Gasteiger charge is 2.24. The van der Waals surface area contributed by atoms with E-state index in [1.165, 1.54) is 0 Å². The minimum Gasteiger partial charge on any atom is -0.507 e. The van der Waals surface area contributed by atoms with Gasteiger partial charge in [0.15, 0.2) is 0 Å². The molecule has 1 aliphatic rings. The first-order valence-corrected chi connectivity index (χ1v) is 12.1. The van der Waals surface area contributed by atoms with Gasteiger partial charge in [-0.2, -0.15) is 0 Å². The smallest absolute Gasteiger partial charge is 0.257 e. The van der Waals surface area contributed by atoms with Crippen molar-refractivity contribution >= 4 is 11.8 Å². The van der Waals surface area contributed by atoms with Crippen LogP contribution < -0.4 is 4.74 Å². The second kappa shape index (κ2) is 11.6. The third kappa shape index (κ3) is 6.41. The Morgan fingerprint density at radius 1 is 0.829 bits per heavy atom. The van der Waals surface area contributed by atoms with E-state index >= 15 is 0 Å². The van der Waals surface area contributed by atoms with Crippen molar-refractivity contribution in [1.82, 2.24) is 9.80 Å². The third-order valence-electron chi connectivity index (χ3n) is 6.46. The summed E-state index contributed by atoms with van der Waals surface area (Å²) in [5.74, 6) is 0.699. The van der Waals surface area contributed by atoms with Crippen LogP contribution in [0.5, 0.6) is 11.5 Å². The van der Waals surface area contributed by atoms with Crippen LogP contribution in [0.4, 0.5) is 0 Å². The number of aromatic hydroxyl groups is 1. The zero-order valence-electron chi connectivity index (χ0n) is 20.2. The predicted octanol–water partition coefficient (Wildman–Crippen LogP) is 4.30. The van der Waals surface area contributed by atoms with Gasteiger partial charge in [0.1, 0.15) is 11.5 Å². The third-order valence-corrected chi connectivity index (χ3v) is 6.46. The molecule has 1 fully saturated rings. The Morgan fingerprint density at radius 2 is 1.51 bits per heavy atom. The SMILES string of the molecule is COc1ccc(CCC(=O)N2CCCN(C(=O)c3cc(Cc4ccccc4)ccc3O)CC2)cc1. The van der Waals surface area contributed by atoms with E-state index in [0.29, 0.717) is 57.4 Å². The van der Waals surface area contributed by atoms with E-state index < -0.39 is 0 Å². The van der Waals surface area contributed by atoms with Crippen LogP contribution >= 0.6 is 0 Å². The molecule has 0 atom stereocenters. The summed E-state index contributed by atoms with van der Waals surface area (Å²) in [5, 5.41) is 10.4. The van der Waals surface area contributed by atoms with Gasteiger partial charge in [-0.05, 0) is 60.2 Å². The highest BCUT2D eigenvalue weighted by atomic mass is 16.5. The maximum absolute atomic E-state index is 13.3. The molecule has 35 heavy (non-hydrogen) atoms. The average Bonchev–Trinajstić information content (AvgIpc) is 3.15. The molecule has 0 spiro atoms. The van der Waals surface area contributed by atoms with Crippen LogP contribution in [0.2, 0.25) is 0 Å². The summed E-state index contributed by atoms with van der Waals surface area (Å²) in [5.41, 5.74) is 3.53. The lowest BCUT2D eigenvalue weighted by atomic mass is 10.0. The van der Waals surface area contributed by atoms with Crippen molar-refractivity contribution in [2.45, 2.75) is 25.7 Å². The van der Waals surface area contributed by atoms with Crippen LogP contribution in [-0.4, -0.2) is 60.0 Å². The van der Waals surface area contributed by atoms with E-state index in [4.69, 9.17) is 4.74 Å². The maximum atomic E-state index is 13.3. The molecule has 3 aromatic carbocycles. The van der Waals surface area contributed by atoms with Gasteiger partial charge >= 0.3 is 0 Å². The molecule has 0 aliphatic carbocycles. The number of nitrogens with zero attached hydrogens (tertiary/aromatic N) is 2. The summed E-state index contributed by atoms with van der Waals surface area (Å²) in [6, 6.07) is 23.0. The fraction of sp³-hybridized carbons (Fsp3) is 0.310. The van der Waals surface area contributed by atoms with Gasteiger partial charge < -0.3 is 19.6 Å². The lowest BCUT2D eigenvalue weighted by Crippen LogP contribution is -2.37. The average molecular weight is 473 g/mol. The lowest BCUT2D eigenvalue weighted by molar-refractivity contribution is -0.131. The second-order valence-electron chi connectivity index (χ2n) is 8.89. The van der Waals surface area contributed by atoms with Crippen molar-refractivity contribution in [2.24, 2.45) is 0 Å². The largest absolute Gasteiger partial charge is 0.507 e. The van der Waals surface area contributed by atoms with Crippen molar-refractivity contribution < 1.29 is 19.4 Å². The van der Waals surface area contributed by atoms with Crippen LogP contribution in [0.25, 0.3) is 0 Å². The first kappa shape index (κ1) is 24.3. The molecule has 0 aromatic heterocycles. The number of benzene rings is 3. The minimum atomic E-state index is -0.190. The first-order valence-electron chi connectivity index (χ1n) is 12.1. The molecular formula is C29H32N2O4. The number of hydrogen-bond acceptors (Lipinski definition) is 4. The standard InChI is InChI=1S/C29H32N2O4/c1-35-25-12-8-22(9-13-25)11-15-28(33)30-16-5-17-31(19-18-30)29(34)26-21-24(10-14-27(26)32)20-23-6-3-2-4-7-23/h2-4,6-10,12-14,21,32H,5,11,15-20H2,1H3. The number of methoxy groups -OCH3 is 1. The summed E-state index contributed by atoms with van der Waals surface area (Å²) >= 11 is 0. The molecule has 0 unspecified atom stereocenters. The Labute approximate surface area is 206 Å². The monoisotopic (exact) mass is 472 g/mol. The van der Waals surface area contributed by atoms with Crippen LogP contribution in [-0.2, 0) is 17.6 Å². The number of rotatable bonds is 7. The van der Waals surface area contributed by atoms with E-state index in [0.717, 1.165) is 22.4 Å². The number of ether oxygens (including phenoxy) is 1. The summed E-state index contributed by atoms with van der Waals surface area (Å²) in [6.07, 6.45) is 2.51. The molecule has 182 valence electrons. The second-order valence-corrected chi connectivity index (χ2v) is 8.89. The van der Waals surface area contributed by atoms with Crippen molar-refractivity contribution in [3.63, 3.8) is 0 Å². The lowest BCUT2D eigenvalue weighted by Gasteiger charge is -2.23. The molecular weight excluding hydrogens is 440 g/mol. The van der Waals surface area contributed by atoms with E-state index in [1.807, 2.05) is 65.6 Å². The highest BCUT2D eigenvalue weighted by molar-refractivity contribution is 5.97. The van der Waals surface area contributed by atoms with Gasteiger partial charge in [0.2, 0.25) is 5.91 Å². The Kier molecular flexibility index (Phi) is 8.03. The van der Waals surface area contributed by atoms with Gasteiger partial charge in [0.25, 0.3) is 5.91 Å². The zero-order chi connectivity index (χ0) is 24.6. The molecule has 1 saturated heterocycles. The molecule has 0 bridgehead atoms. The fourth-order valence-electron chi connectivity index (χ4n) is 4.44. The Balaban J connectivity index is 1.34. The molecule has 4 rings (SSSR count). The highest BCUT2D eigenvalue weighted by Crippen LogP contribution is 2.23. The Bertz CT molecular complexity index is 1150. The van der Waals surface area contributed by atoms with Gasteiger partial charge in [-0.25, -0.2) is 0 Å². The molecule has 6 nitrogen and oxygen atoms in total. The predicted molar refractivity (Wildman–Crippen MR) is 136 cm³/mol. The van der Waals surface area contributed by atoms with Crippen molar-refractivity contribution in [1.29, 1.82) is 0 Å². The Hall–Kier alpha value is -3.80. The molecule has 3 aromatic rings. The summed E-state index contributed by atoms with van der Waals surface area (Å²) in [4.78, 5) is 29.7. The molecule has 1 heterocycles. The number of phenols is 1. The zero-order valence-corrected chi connectivity index (χ0v) is 20.2. The van der Waals surface area contributed by atoms with E-state index in [1.54, 1.807) is 24.1 Å². The molecule has 6 heteroatoms. The van der Waals surface area contributed by atoms with Gasteiger partial charge in [0.05, 0.1) is 12.7 Å². The number of carbonyl (C=O) groups excluding carboxylic acids is 2. The van der Waals surface area contributed by atoms with Gasteiger partial charge in [-0.1, -0.05) is 48.5 Å². The first-order chi connectivity index (χ1) is 17.0. The van der Waals surface area contributed by atoms with E-state index in [-0.39, 0.29) is 17.6 Å². The van der Waals surface area contributed by atoms with Crippen LogP contribution in [0.15, 0.2) is 72.8 Å². The molecule has 1 N–H and O–H groups in total. The number of phenolic OH excluding ortho intramolecular Hbond substituents is 1. The van der Waals surface area contributed by atoms with Crippen molar-refractivity contribution in [3.05, 3.63) is 95.1 Å². The van der Waals surface area contributed by atoms with Crippen molar-refractivity contribution in [3.8, 4) is 11.5 Å². The molecule has 0 radical (unpaired) electrons. The summed E-state index contributed by atoms with van der Waals surface area (Å²) < 4.78 is 5.18. The number of aryl methyl sites for hydroxylation is 1. The van der Waals surface area contributed by atoms with E-state index in [9.17, 15) is 14.7 Å². The van der Waals surface area contributed by atoms with Crippen LogP contribution in [0.3, 0.4) is 0 Å². The number of hydrogen-bond donors (Lipinski definition) is 1. The molecule has 2 amide bonds. The summed E-state index contributed by atoms with van der Waals surface area (Å²) in [6.45, 7) is 2.14. The maximum Gasteiger partial charge on any atom is 0.257 e. The van der Waals surface area contributed by atoms with Gasteiger partial charge in [-0.15, -0.1) is 0 Å². The van der Waals surface area contributed by atoms with Gasteiger partial charge in [-0.3, -0.25) is 9.59 Å². The summed E-state index contributed by atoms with van der Waals surface area (Å²) in [7, 11) is 1.63. The van der Waals surface area contributed by atoms with Crippen LogP contribution in [0.1, 0.15) is 39.9 Å². The van der Waals surface area contributed by atoms with Gasteiger partial charge in [0, 0.05) is 32.6 Å². The topological polar surface area (TPSA) is 70.1 Å². The quantitative estimate of drug-likeness (QED) is 0.557. The van der Waals surface area contributed by atoms with E-state index in [2.05, 4.69) is 0 Å². The van der Waals surface area contributed by atoms with Crippen molar-refractivity contribution in [2.75, 3.05) is 33.3 Å². The molecule has 1 aliphatic heterocycles. The minimum absolute atomic E-state index is 0.0107. The number of amides is 2. The van der Waals surface area contributed by atoms with Crippen LogP contribution in [0, 0.1) is 0 Å². The number of carbonyl (C=O) groups is 2. The normalized spacial score (nSPS) is 13.9. The Morgan fingerprint density at radius 3 is 2.26 bits per heavy atom. The molecule has 0 saturated carbocycles. The fourth-order valence-corrected chi connectivity index (χ4v) is 4.44.